The van der Waals surface area contributed by atoms with Gasteiger partial charge in [-0.1, -0.05) is 57.7 Å². The maximum absolute atomic E-state index is 12.9. The van der Waals surface area contributed by atoms with Crippen LogP contribution < -0.4 is 16.0 Å². The number of para-hydroxylation sites is 2. The molecular weight excluding hydrogens is 627 g/mol. The van der Waals surface area contributed by atoms with E-state index in [9.17, 15) is 4.79 Å². The number of thiazole rings is 1. The molecule has 0 saturated heterocycles. The smallest absolute Gasteiger partial charge is 0.265 e. The van der Waals surface area contributed by atoms with Crippen LogP contribution in [0, 0.1) is 6.92 Å². The van der Waals surface area contributed by atoms with Gasteiger partial charge >= 0.3 is 0 Å². The lowest BCUT2D eigenvalue weighted by Gasteiger charge is -2.12. The fraction of sp³-hybridized carbons (Fsp3) is 0.160. The molecule has 0 fully saturated rings. The predicted octanol–water partition coefficient (Wildman–Crippen LogP) is 7.71. The minimum atomic E-state index is -0.144. The van der Waals surface area contributed by atoms with E-state index < -0.39 is 0 Å². The van der Waals surface area contributed by atoms with Gasteiger partial charge < -0.3 is 16.0 Å². The normalized spacial score (nSPS) is 11.1. The van der Waals surface area contributed by atoms with E-state index in [1.807, 2.05) is 72.2 Å². The lowest BCUT2D eigenvalue weighted by molar-refractivity contribution is 0.103. The summed E-state index contributed by atoms with van der Waals surface area (Å²) in [6, 6.07) is 15.2. The van der Waals surface area contributed by atoms with Gasteiger partial charge in [0.05, 0.1) is 42.5 Å². The number of thiophene rings is 1. The minimum Gasteiger partial charge on any atom is -0.383 e. The van der Waals surface area contributed by atoms with E-state index in [1.165, 1.54) is 22.7 Å². The number of hydrogen-bond donors (Lipinski definition) is 3. The SMILES string of the molecule is Cc1nc2ccc(Cl)cn2c1-c1cnc(Nc2ccc(C(=O)Nc3ccccc3NCCCI)s2)s1. The van der Waals surface area contributed by atoms with Crippen LogP contribution in [0.2, 0.25) is 5.02 Å². The van der Waals surface area contributed by atoms with Gasteiger partial charge in [0.1, 0.15) is 5.65 Å². The third-order valence-electron chi connectivity index (χ3n) is 5.36. The van der Waals surface area contributed by atoms with E-state index >= 15 is 0 Å². The van der Waals surface area contributed by atoms with E-state index in [4.69, 9.17) is 11.6 Å². The molecule has 36 heavy (non-hydrogen) atoms. The van der Waals surface area contributed by atoms with Crippen LogP contribution in [0.15, 0.2) is 60.9 Å². The molecule has 4 heterocycles. The highest BCUT2D eigenvalue weighted by atomic mass is 127. The number of rotatable bonds is 9. The van der Waals surface area contributed by atoms with Crippen molar-refractivity contribution in [2.45, 2.75) is 13.3 Å². The Kier molecular flexibility index (Phi) is 7.75. The number of benzene rings is 1. The number of nitrogens with one attached hydrogen (secondary N) is 3. The molecule has 0 saturated carbocycles. The number of aromatic nitrogens is 3. The summed E-state index contributed by atoms with van der Waals surface area (Å²) in [6.45, 7) is 2.84. The van der Waals surface area contributed by atoms with Crippen molar-refractivity contribution in [2.24, 2.45) is 0 Å². The summed E-state index contributed by atoms with van der Waals surface area (Å²) in [5, 5.41) is 12.0. The van der Waals surface area contributed by atoms with Crippen LogP contribution in [0.1, 0.15) is 21.8 Å². The van der Waals surface area contributed by atoms with Crippen LogP contribution in [0.25, 0.3) is 16.2 Å². The van der Waals surface area contributed by atoms with Gasteiger partial charge in [0.25, 0.3) is 5.91 Å². The Labute approximate surface area is 235 Å². The number of nitrogens with zero attached hydrogens (tertiary/aromatic N) is 3. The zero-order valence-electron chi connectivity index (χ0n) is 19.2. The molecular formula is C25H22ClIN6OS2. The largest absolute Gasteiger partial charge is 0.383 e. The number of aryl methyl sites for hydroxylation is 1. The predicted molar refractivity (Wildman–Crippen MR) is 160 cm³/mol. The first-order valence-corrected chi connectivity index (χ1v) is 14.7. The molecule has 7 nitrogen and oxygen atoms in total. The molecule has 5 aromatic rings. The first-order chi connectivity index (χ1) is 17.5. The second-order valence-corrected chi connectivity index (χ2v) is 11.5. The summed E-state index contributed by atoms with van der Waals surface area (Å²) in [6.07, 6.45) is 4.75. The van der Waals surface area contributed by atoms with Gasteiger partial charge in [-0.15, -0.1) is 11.3 Å². The van der Waals surface area contributed by atoms with Crippen molar-refractivity contribution in [2.75, 3.05) is 26.9 Å². The number of pyridine rings is 1. The third kappa shape index (κ3) is 5.51. The van der Waals surface area contributed by atoms with Crippen LogP contribution in [0.5, 0.6) is 0 Å². The monoisotopic (exact) mass is 648 g/mol. The standard InChI is InChI=1S/C25H22ClIN6OS2/c1-15-23(33-14-16(26)7-9-21(33)30-15)20-13-29-25(36-20)32-22-10-8-19(35-22)24(34)31-18-6-3-2-5-17(18)28-12-4-11-27/h2-3,5-10,13-14,28H,4,11-12H2,1H3,(H,29,32)(H,31,34). The van der Waals surface area contributed by atoms with Crippen molar-refractivity contribution < 1.29 is 4.79 Å². The molecule has 5 rings (SSSR count). The van der Waals surface area contributed by atoms with E-state index in [0.29, 0.717) is 9.90 Å². The number of anilines is 4. The van der Waals surface area contributed by atoms with Crippen molar-refractivity contribution in [3.05, 3.63) is 76.5 Å². The fourth-order valence-electron chi connectivity index (χ4n) is 3.73. The Morgan fingerprint density at radius 3 is 2.78 bits per heavy atom. The average Bonchev–Trinajstić information content (AvgIpc) is 3.59. The number of amides is 1. The number of hydrogen-bond acceptors (Lipinski definition) is 7. The molecule has 0 aliphatic heterocycles. The second kappa shape index (κ2) is 11.2. The summed E-state index contributed by atoms with van der Waals surface area (Å²) in [4.78, 5) is 23.7. The number of imidazole rings is 1. The zero-order valence-corrected chi connectivity index (χ0v) is 23.8. The Morgan fingerprint density at radius 2 is 1.94 bits per heavy atom. The number of halogens is 2. The van der Waals surface area contributed by atoms with Crippen molar-refractivity contribution in [3.63, 3.8) is 0 Å². The van der Waals surface area contributed by atoms with E-state index in [2.05, 4.69) is 48.5 Å². The Hall–Kier alpha value is -2.67. The summed E-state index contributed by atoms with van der Waals surface area (Å²) >= 11 is 11.5. The Morgan fingerprint density at radius 1 is 1.11 bits per heavy atom. The maximum atomic E-state index is 12.9. The first-order valence-electron chi connectivity index (χ1n) is 11.2. The van der Waals surface area contributed by atoms with Crippen molar-refractivity contribution in [1.82, 2.24) is 14.4 Å². The minimum absolute atomic E-state index is 0.144. The van der Waals surface area contributed by atoms with Crippen LogP contribution in [0.4, 0.5) is 21.5 Å². The van der Waals surface area contributed by atoms with Crippen molar-refractivity contribution in [1.29, 1.82) is 0 Å². The van der Waals surface area contributed by atoms with Gasteiger partial charge in [-0.05, 0) is 49.7 Å². The zero-order chi connectivity index (χ0) is 25.1. The summed E-state index contributed by atoms with van der Waals surface area (Å²) in [5.74, 6) is -0.144. The molecule has 4 aromatic heterocycles. The number of alkyl halides is 1. The summed E-state index contributed by atoms with van der Waals surface area (Å²) in [7, 11) is 0. The molecule has 0 atom stereocenters. The van der Waals surface area contributed by atoms with Crippen LogP contribution in [0.3, 0.4) is 0 Å². The summed E-state index contributed by atoms with van der Waals surface area (Å²) in [5.41, 5.74) is 4.41. The lowest BCUT2D eigenvalue weighted by Crippen LogP contribution is -2.12. The van der Waals surface area contributed by atoms with Gasteiger partial charge in [-0.25, -0.2) is 9.97 Å². The van der Waals surface area contributed by atoms with E-state index in [1.54, 1.807) is 0 Å². The molecule has 0 radical (unpaired) electrons. The van der Waals surface area contributed by atoms with Gasteiger partial charge in [-0.3, -0.25) is 9.20 Å². The number of carbonyl (C=O) groups excluding carboxylic acids is 1. The van der Waals surface area contributed by atoms with Crippen LogP contribution in [-0.4, -0.2) is 31.2 Å². The highest BCUT2D eigenvalue weighted by molar-refractivity contribution is 14.1. The highest BCUT2D eigenvalue weighted by Gasteiger charge is 2.16. The Balaban J connectivity index is 1.29. The third-order valence-corrected chi connectivity index (χ3v) is 8.26. The molecule has 3 N–H and O–H groups in total. The molecule has 184 valence electrons. The molecule has 0 aliphatic carbocycles. The Bertz CT molecular complexity index is 1530. The summed E-state index contributed by atoms with van der Waals surface area (Å²) < 4.78 is 3.06. The van der Waals surface area contributed by atoms with Gasteiger partial charge in [0, 0.05) is 23.4 Å². The molecule has 0 aliphatic rings. The molecule has 11 heteroatoms. The molecule has 0 unspecified atom stereocenters. The average molecular weight is 649 g/mol. The molecule has 0 spiro atoms. The maximum Gasteiger partial charge on any atom is 0.265 e. The highest BCUT2D eigenvalue weighted by Crippen LogP contribution is 2.35. The van der Waals surface area contributed by atoms with Crippen LogP contribution >= 0.6 is 56.9 Å². The fourth-order valence-corrected chi connectivity index (χ4v) is 6.06. The van der Waals surface area contributed by atoms with Gasteiger partial charge in [-0.2, -0.15) is 0 Å². The van der Waals surface area contributed by atoms with Gasteiger partial charge in [0.15, 0.2) is 5.13 Å². The quantitative estimate of drug-likeness (QED) is 0.0867. The van der Waals surface area contributed by atoms with Crippen molar-refractivity contribution >= 4 is 89.9 Å². The number of fused-ring (bicyclic) bond motifs is 1. The van der Waals surface area contributed by atoms with Crippen LogP contribution in [-0.2, 0) is 0 Å². The molecule has 1 amide bonds. The molecule has 0 bridgehead atoms. The first kappa shape index (κ1) is 25.0. The van der Waals surface area contributed by atoms with E-state index in [-0.39, 0.29) is 5.91 Å². The lowest BCUT2D eigenvalue weighted by atomic mass is 10.2. The van der Waals surface area contributed by atoms with Gasteiger partial charge in [0.2, 0.25) is 0 Å². The van der Waals surface area contributed by atoms with E-state index in [0.717, 1.165) is 60.8 Å². The topological polar surface area (TPSA) is 83.3 Å². The second-order valence-electron chi connectivity index (χ2n) is 7.91. The van der Waals surface area contributed by atoms with Crippen molar-refractivity contribution in [3.8, 4) is 10.6 Å². The number of carbonyl (C=O) groups is 1. The molecule has 1 aromatic carbocycles.